The highest BCUT2D eigenvalue weighted by atomic mass is 15.2. The first-order valence-corrected chi connectivity index (χ1v) is 21.7. The average molecular weight is 816 g/mol. The van der Waals surface area contributed by atoms with Crippen LogP contribution in [0.1, 0.15) is 0 Å². The predicted molar refractivity (Wildman–Crippen MR) is 265 cm³/mol. The summed E-state index contributed by atoms with van der Waals surface area (Å²) in [6.07, 6.45) is 0. The van der Waals surface area contributed by atoms with Crippen molar-refractivity contribution in [2.75, 3.05) is 0 Å². The van der Waals surface area contributed by atoms with Crippen molar-refractivity contribution in [2.45, 2.75) is 0 Å². The fraction of sp³-hybridized carbons (Fsp3) is 0. The molecule has 10 aromatic carbocycles. The van der Waals surface area contributed by atoms with Gasteiger partial charge in [-0.05, 0) is 86.9 Å². The number of rotatable bonds is 6. The van der Waals surface area contributed by atoms with Crippen LogP contribution in [-0.2, 0) is 0 Å². The SMILES string of the molecule is c1ccc(-c2cccc(-c3nc(-c4cccc(-c5ccccc5)c4)nc(-n4c5ccccc5c5cc6cc(-n7c8ccccc8c8ccc9ccccc9c87)ccc6cc54)n3)c2)cc1. The third-order valence-corrected chi connectivity index (χ3v) is 12.7. The molecule has 0 saturated heterocycles. The van der Waals surface area contributed by atoms with Gasteiger partial charge in [-0.25, -0.2) is 4.98 Å². The Morgan fingerprint density at radius 1 is 0.266 bits per heavy atom. The maximum Gasteiger partial charge on any atom is 0.238 e. The zero-order valence-corrected chi connectivity index (χ0v) is 34.6. The Bertz CT molecular complexity index is 3860. The number of nitrogens with zero attached hydrogens (tertiary/aromatic N) is 5. The average Bonchev–Trinajstić information content (AvgIpc) is 3.89. The molecule has 0 bridgehead atoms. The molecule has 3 heterocycles. The first-order chi connectivity index (χ1) is 31.7. The molecule has 0 saturated carbocycles. The van der Waals surface area contributed by atoms with Gasteiger partial charge in [0.2, 0.25) is 5.95 Å². The molecule has 0 radical (unpaired) electrons. The monoisotopic (exact) mass is 815 g/mol. The van der Waals surface area contributed by atoms with Crippen molar-refractivity contribution in [2.24, 2.45) is 0 Å². The minimum absolute atomic E-state index is 0.564. The second kappa shape index (κ2) is 14.5. The van der Waals surface area contributed by atoms with E-state index < -0.39 is 0 Å². The fourth-order valence-electron chi connectivity index (χ4n) is 9.71. The van der Waals surface area contributed by atoms with Crippen LogP contribution in [-0.4, -0.2) is 24.1 Å². The molecule has 0 N–H and O–H groups in total. The van der Waals surface area contributed by atoms with Crippen molar-refractivity contribution in [3.8, 4) is 56.7 Å². The van der Waals surface area contributed by atoms with Gasteiger partial charge in [-0.2, -0.15) is 9.97 Å². The van der Waals surface area contributed by atoms with Crippen molar-refractivity contribution >= 4 is 65.2 Å². The van der Waals surface area contributed by atoms with Crippen molar-refractivity contribution in [3.63, 3.8) is 0 Å². The summed E-state index contributed by atoms with van der Waals surface area (Å²) in [4.78, 5) is 15.9. The van der Waals surface area contributed by atoms with Crippen LogP contribution in [0.2, 0.25) is 0 Å². The van der Waals surface area contributed by atoms with E-state index in [0.717, 1.165) is 71.6 Å². The summed E-state index contributed by atoms with van der Waals surface area (Å²) in [5.41, 5.74) is 11.9. The lowest BCUT2D eigenvalue weighted by molar-refractivity contribution is 0.954. The van der Waals surface area contributed by atoms with Gasteiger partial charge in [0.1, 0.15) is 0 Å². The molecular weight excluding hydrogens is 779 g/mol. The molecule has 64 heavy (non-hydrogen) atoms. The smallest absolute Gasteiger partial charge is 0.238 e. The van der Waals surface area contributed by atoms with Crippen molar-refractivity contribution in [3.05, 3.63) is 224 Å². The summed E-state index contributed by atoms with van der Waals surface area (Å²) in [7, 11) is 0. The molecule has 298 valence electrons. The minimum atomic E-state index is 0.564. The van der Waals surface area contributed by atoms with Crippen LogP contribution in [0, 0.1) is 0 Å². The van der Waals surface area contributed by atoms with E-state index >= 15 is 0 Å². The molecule has 0 aliphatic carbocycles. The number of para-hydroxylation sites is 2. The number of benzene rings is 10. The van der Waals surface area contributed by atoms with Gasteiger partial charge in [0.05, 0.1) is 22.1 Å². The highest BCUT2D eigenvalue weighted by Crippen LogP contribution is 2.40. The van der Waals surface area contributed by atoms with Crippen LogP contribution in [0.5, 0.6) is 0 Å². The molecule has 0 spiro atoms. The van der Waals surface area contributed by atoms with E-state index in [9.17, 15) is 0 Å². The molecule has 0 aliphatic heterocycles. The normalized spacial score (nSPS) is 11.8. The molecule has 0 aliphatic rings. The van der Waals surface area contributed by atoms with E-state index in [2.05, 4.69) is 221 Å². The van der Waals surface area contributed by atoms with Gasteiger partial charge in [-0.3, -0.25) is 4.57 Å². The number of hydrogen-bond donors (Lipinski definition) is 0. The molecule has 0 atom stereocenters. The lowest BCUT2D eigenvalue weighted by Gasteiger charge is -2.13. The lowest BCUT2D eigenvalue weighted by Crippen LogP contribution is -2.06. The summed E-state index contributed by atoms with van der Waals surface area (Å²) < 4.78 is 4.65. The zero-order chi connectivity index (χ0) is 42.1. The highest BCUT2D eigenvalue weighted by Gasteiger charge is 2.20. The van der Waals surface area contributed by atoms with Crippen LogP contribution in [0.25, 0.3) is 122 Å². The van der Waals surface area contributed by atoms with E-state index in [4.69, 9.17) is 15.0 Å². The first kappa shape index (κ1) is 36.0. The second-order valence-electron chi connectivity index (χ2n) is 16.5. The van der Waals surface area contributed by atoms with Gasteiger partial charge >= 0.3 is 0 Å². The van der Waals surface area contributed by atoms with E-state index in [1.54, 1.807) is 0 Å². The molecule has 13 aromatic rings. The van der Waals surface area contributed by atoms with E-state index in [1.807, 2.05) is 12.1 Å². The van der Waals surface area contributed by atoms with Gasteiger partial charge < -0.3 is 4.57 Å². The number of hydrogen-bond acceptors (Lipinski definition) is 3. The van der Waals surface area contributed by atoms with Crippen LogP contribution in [0.3, 0.4) is 0 Å². The first-order valence-electron chi connectivity index (χ1n) is 21.7. The standard InChI is InChI=1S/C59H37N5/c1-3-15-38(16-4-1)41-20-13-22-44(33-41)57-60-58(45-23-14-21-42(34-45)39-17-5-2-6-18-39)62-59(61-57)64-54-28-12-10-26-50(54)52-36-46-35-47(31-29-43(46)37-55(52)64)63-53-27-11-9-25-49(53)51-32-30-40-19-7-8-24-48(40)56(51)63/h1-37H. The Morgan fingerprint density at radius 3 is 1.47 bits per heavy atom. The quantitative estimate of drug-likeness (QED) is 0.168. The topological polar surface area (TPSA) is 48.5 Å². The third kappa shape index (κ3) is 5.83. The molecular formula is C59H37N5. The minimum Gasteiger partial charge on any atom is -0.309 e. The maximum atomic E-state index is 5.34. The molecule has 0 unspecified atom stereocenters. The Hall–Kier alpha value is -8.67. The van der Waals surface area contributed by atoms with Crippen LogP contribution in [0.15, 0.2) is 224 Å². The zero-order valence-electron chi connectivity index (χ0n) is 34.6. The Morgan fingerprint density at radius 2 is 0.797 bits per heavy atom. The molecule has 0 fully saturated rings. The lowest BCUT2D eigenvalue weighted by atomic mass is 10.0. The summed E-state index contributed by atoms with van der Waals surface area (Å²) in [6, 6.07) is 79.9. The van der Waals surface area contributed by atoms with Gasteiger partial charge in [0.15, 0.2) is 11.6 Å². The van der Waals surface area contributed by atoms with Crippen molar-refractivity contribution in [1.29, 1.82) is 0 Å². The Labute approximate surface area is 368 Å². The molecule has 13 rings (SSSR count). The maximum absolute atomic E-state index is 5.34. The Kier molecular flexibility index (Phi) is 8.15. The van der Waals surface area contributed by atoms with Gasteiger partial charge in [-0.15, -0.1) is 0 Å². The molecule has 0 amide bonds. The summed E-state index contributed by atoms with van der Waals surface area (Å²) in [6.45, 7) is 0. The van der Waals surface area contributed by atoms with Crippen LogP contribution < -0.4 is 0 Å². The van der Waals surface area contributed by atoms with Crippen LogP contribution >= 0.6 is 0 Å². The van der Waals surface area contributed by atoms with E-state index in [1.165, 1.54) is 32.6 Å². The molecule has 5 nitrogen and oxygen atoms in total. The van der Waals surface area contributed by atoms with E-state index in [-0.39, 0.29) is 0 Å². The number of fused-ring (bicyclic) bond motifs is 9. The van der Waals surface area contributed by atoms with E-state index in [0.29, 0.717) is 17.6 Å². The molecule has 3 aromatic heterocycles. The largest absolute Gasteiger partial charge is 0.309 e. The van der Waals surface area contributed by atoms with Gasteiger partial charge in [0, 0.05) is 43.7 Å². The van der Waals surface area contributed by atoms with Gasteiger partial charge in [0.25, 0.3) is 0 Å². The third-order valence-electron chi connectivity index (χ3n) is 12.7. The van der Waals surface area contributed by atoms with Crippen molar-refractivity contribution < 1.29 is 0 Å². The second-order valence-corrected chi connectivity index (χ2v) is 16.5. The fourth-order valence-corrected chi connectivity index (χ4v) is 9.71. The summed E-state index contributed by atoms with van der Waals surface area (Å²) >= 11 is 0. The predicted octanol–water partition coefficient (Wildman–Crippen LogP) is 15.0. The number of aromatic nitrogens is 5. The highest BCUT2D eigenvalue weighted by molar-refractivity contribution is 6.19. The Balaban J connectivity index is 1.03. The van der Waals surface area contributed by atoms with Gasteiger partial charge in [-0.1, -0.05) is 176 Å². The van der Waals surface area contributed by atoms with Crippen molar-refractivity contribution in [1.82, 2.24) is 24.1 Å². The molecule has 5 heteroatoms. The summed E-state index contributed by atoms with van der Waals surface area (Å²) in [5.74, 6) is 1.78. The van der Waals surface area contributed by atoms with Crippen LogP contribution in [0.4, 0.5) is 0 Å². The summed E-state index contributed by atoms with van der Waals surface area (Å²) in [5, 5.41) is 9.52.